The molecular formula is C22H26N2O4. The van der Waals surface area contributed by atoms with Crippen molar-refractivity contribution in [3.05, 3.63) is 53.9 Å². The normalized spacial score (nSPS) is 20.2. The van der Waals surface area contributed by atoms with Crippen molar-refractivity contribution in [2.75, 3.05) is 26.8 Å². The van der Waals surface area contributed by atoms with Crippen LogP contribution >= 0.6 is 0 Å². The van der Waals surface area contributed by atoms with Gasteiger partial charge in [-0.2, -0.15) is 0 Å². The molecule has 1 atom stereocenters. The molecule has 1 aromatic carbocycles. The fourth-order valence-corrected chi connectivity index (χ4v) is 3.88. The Balaban J connectivity index is 1.50. The molecule has 1 aliphatic carbocycles. The Morgan fingerprint density at radius 1 is 1.21 bits per heavy atom. The van der Waals surface area contributed by atoms with Gasteiger partial charge in [-0.1, -0.05) is 6.07 Å². The van der Waals surface area contributed by atoms with Crippen LogP contribution in [-0.2, 0) is 4.74 Å². The number of methoxy groups -OCH3 is 1. The standard InChI is InChI=1S/C22H26N2O4/c1-26-19-9-8-16(13-20(19)28-18-6-2-3-7-18)21-15-24(11-12-27-21)22(25)17-5-4-10-23-14-17/h4-5,8-10,13-14,18,21H,2-3,6-7,11-12,15H2,1H3. The molecule has 0 N–H and O–H groups in total. The second-order valence-electron chi connectivity index (χ2n) is 7.29. The third-order valence-corrected chi connectivity index (χ3v) is 5.42. The Kier molecular flexibility index (Phi) is 5.76. The molecule has 4 rings (SSSR count). The van der Waals surface area contributed by atoms with E-state index in [4.69, 9.17) is 14.2 Å². The van der Waals surface area contributed by atoms with E-state index in [2.05, 4.69) is 4.98 Å². The van der Waals surface area contributed by atoms with Gasteiger partial charge in [-0.05, 0) is 55.5 Å². The highest BCUT2D eigenvalue weighted by atomic mass is 16.5. The molecule has 1 amide bonds. The molecule has 2 aromatic rings. The first-order valence-electron chi connectivity index (χ1n) is 9.90. The number of amides is 1. The number of rotatable bonds is 5. The van der Waals surface area contributed by atoms with E-state index < -0.39 is 0 Å². The molecule has 1 aliphatic heterocycles. The lowest BCUT2D eigenvalue weighted by atomic mass is 10.1. The first-order chi connectivity index (χ1) is 13.7. The fourth-order valence-electron chi connectivity index (χ4n) is 3.88. The minimum Gasteiger partial charge on any atom is -0.493 e. The molecule has 2 heterocycles. The topological polar surface area (TPSA) is 60.9 Å². The van der Waals surface area contributed by atoms with Gasteiger partial charge in [0.2, 0.25) is 0 Å². The Morgan fingerprint density at radius 2 is 2.07 bits per heavy atom. The van der Waals surface area contributed by atoms with Crippen molar-refractivity contribution in [2.45, 2.75) is 37.9 Å². The summed E-state index contributed by atoms with van der Waals surface area (Å²) in [4.78, 5) is 18.6. The average Bonchev–Trinajstić information content (AvgIpc) is 3.27. The molecular weight excluding hydrogens is 356 g/mol. The van der Waals surface area contributed by atoms with Gasteiger partial charge >= 0.3 is 0 Å². The summed E-state index contributed by atoms with van der Waals surface area (Å²) in [6.45, 7) is 1.58. The molecule has 2 fully saturated rings. The van der Waals surface area contributed by atoms with Crippen molar-refractivity contribution >= 4 is 5.91 Å². The van der Waals surface area contributed by atoms with Crippen molar-refractivity contribution in [1.82, 2.24) is 9.88 Å². The predicted molar refractivity (Wildman–Crippen MR) is 105 cm³/mol. The monoisotopic (exact) mass is 382 g/mol. The van der Waals surface area contributed by atoms with Crippen LogP contribution in [0.15, 0.2) is 42.7 Å². The number of ether oxygens (including phenoxy) is 3. The van der Waals surface area contributed by atoms with E-state index in [0.29, 0.717) is 25.3 Å². The smallest absolute Gasteiger partial charge is 0.255 e. The Morgan fingerprint density at radius 3 is 2.82 bits per heavy atom. The third-order valence-electron chi connectivity index (χ3n) is 5.42. The van der Waals surface area contributed by atoms with Crippen LogP contribution < -0.4 is 9.47 Å². The maximum atomic E-state index is 12.8. The minimum atomic E-state index is -0.189. The molecule has 1 aromatic heterocycles. The SMILES string of the molecule is COc1ccc(C2CN(C(=O)c3cccnc3)CCO2)cc1OC1CCCC1. The highest BCUT2D eigenvalue weighted by molar-refractivity contribution is 5.93. The summed E-state index contributed by atoms with van der Waals surface area (Å²) in [7, 11) is 1.65. The summed E-state index contributed by atoms with van der Waals surface area (Å²) in [5.41, 5.74) is 1.60. The van der Waals surface area contributed by atoms with Gasteiger partial charge in [0.05, 0.1) is 31.9 Å². The largest absolute Gasteiger partial charge is 0.493 e. The van der Waals surface area contributed by atoms with Crippen molar-refractivity contribution < 1.29 is 19.0 Å². The van der Waals surface area contributed by atoms with Crippen LogP contribution in [0.25, 0.3) is 0 Å². The first kappa shape index (κ1) is 18.7. The zero-order valence-corrected chi connectivity index (χ0v) is 16.2. The molecule has 2 aliphatic rings. The van der Waals surface area contributed by atoms with Gasteiger partial charge in [0.1, 0.15) is 6.10 Å². The van der Waals surface area contributed by atoms with Crippen molar-refractivity contribution in [2.24, 2.45) is 0 Å². The highest BCUT2D eigenvalue weighted by Gasteiger charge is 2.27. The first-order valence-corrected chi connectivity index (χ1v) is 9.90. The molecule has 28 heavy (non-hydrogen) atoms. The number of morpholine rings is 1. The van der Waals surface area contributed by atoms with Crippen molar-refractivity contribution in [3.63, 3.8) is 0 Å². The lowest BCUT2D eigenvalue weighted by Gasteiger charge is -2.33. The van der Waals surface area contributed by atoms with Crippen LogP contribution in [0.4, 0.5) is 0 Å². The van der Waals surface area contributed by atoms with Gasteiger partial charge in [-0.3, -0.25) is 9.78 Å². The second-order valence-corrected chi connectivity index (χ2v) is 7.29. The maximum Gasteiger partial charge on any atom is 0.255 e. The van der Waals surface area contributed by atoms with Crippen LogP contribution in [-0.4, -0.2) is 48.7 Å². The Bertz CT molecular complexity index is 805. The van der Waals surface area contributed by atoms with Gasteiger partial charge in [-0.15, -0.1) is 0 Å². The summed E-state index contributed by atoms with van der Waals surface area (Å²) in [6, 6.07) is 9.48. The fraction of sp³-hybridized carbons (Fsp3) is 0.455. The van der Waals surface area contributed by atoms with Crippen LogP contribution in [0.3, 0.4) is 0 Å². The van der Waals surface area contributed by atoms with Gasteiger partial charge in [-0.25, -0.2) is 0 Å². The van der Waals surface area contributed by atoms with Gasteiger partial charge in [0.25, 0.3) is 5.91 Å². The van der Waals surface area contributed by atoms with Gasteiger partial charge in [0.15, 0.2) is 11.5 Å². The molecule has 148 valence electrons. The van der Waals surface area contributed by atoms with Crippen LogP contribution in [0.1, 0.15) is 47.7 Å². The van der Waals surface area contributed by atoms with Crippen LogP contribution in [0, 0.1) is 0 Å². The number of hydrogen-bond donors (Lipinski definition) is 0. The quantitative estimate of drug-likeness (QED) is 0.790. The molecule has 0 radical (unpaired) electrons. The summed E-state index contributed by atoms with van der Waals surface area (Å²) < 4.78 is 17.7. The lowest BCUT2D eigenvalue weighted by Crippen LogP contribution is -2.42. The molecule has 6 heteroatoms. The highest BCUT2D eigenvalue weighted by Crippen LogP contribution is 2.35. The van der Waals surface area contributed by atoms with Gasteiger partial charge in [0, 0.05) is 18.9 Å². The van der Waals surface area contributed by atoms with E-state index in [1.807, 2.05) is 23.1 Å². The molecule has 6 nitrogen and oxygen atoms in total. The van der Waals surface area contributed by atoms with E-state index in [0.717, 1.165) is 29.9 Å². The number of pyridine rings is 1. The number of nitrogens with zero attached hydrogens (tertiary/aromatic N) is 2. The molecule has 0 spiro atoms. The zero-order valence-electron chi connectivity index (χ0n) is 16.2. The lowest BCUT2D eigenvalue weighted by molar-refractivity contribution is -0.0229. The average molecular weight is 382 g/mol. The zero-order chi connectivity index (χ0) is 19.3. The minimum absolute atomic E-state index is 0.0164. The van der Waals surface area contributed by atoms with E-state index in [1.165, 1.54) is 12.8 Å². The predicted octanol–water partition coefficient (Wildman–Crippen LogP) is 3.63. The molecule has 0 bridgehead atoms. The summed E-state index contributed by atoms with van der Waals surface area (Å²) in [5.74, 6) is 1.47. The number of carbonyl (C=O) groups excluding carboxylic acids is 1. The van der Waals surface area contributed by atoms with E-state index in [9.17, 15) is 4.79 Å². The molecule has 1 saturated heterocycles. The van der Waals surface area contributed by atoms with E-state index in [-0.39, 0.29) is 18.1 Å². The van der Waals surface area contributed by atoms with Crippen molar-refractivity contribution in [1.29, 1.82) is 0 Å². The number of aromatic nitrogens is 1. The number of hydrogen-bond acceptors (Lipinski definition) is 5. The van der Waals surface area contributed by atoms with Crippen molar-refractivity contribution in [3.8, 4) is 11.5 Å². The summed E-state index contributed by atoms with van der Waals surface area (Å²) in [5, 5.41) is 0. The van der Waals surface area contributed by atoms with Crippen LogP contribution in [0.2, 0.25) is 0 Å². The number of benzene rings is 1. The third kappa shape index (κ3) is 4.12. The van der Waals surface area contributed by atoms with Gasteiger partial charge < -0.3 is 19.1 Å². The summed E-state index contributed by atoms with van der Waals surface area (Å²) >= 11 is 0. The summed E-state index contributed by atoms with van der Waals surface area (Å²) in [6.07, 6.45) is 7.93. The number of carbonyl (C=O) groups is 1. The second kappa shape index (κ2) is 8.61. The van der Waals surface area contributed by atoms with Crippen LogP contribution in [0.5, 0.6) is 11.5 Å². The molecule has 1 unspecified atom stereocenters. The maximum absolute atomic E-state index is 12.8. The molecule has 1 saturated carbocycles. The Hall–Kier alpha value is -2.60. The van der Waals surface area contributed by atoms with E-state index >= 15 is 0 Å². The van der Waals surface area contributed by atoms with E-state index in [1.54, 1.807) is 31.6 Å². The Labute approximate surface area is 165 Å².